The zero-order chi connectivity index (χ0) is 14.8. The molecule has 2 aliphatic rings. The van der Waals surface area contributed by atoms with E-state index in [0.29, 0.717) is 0 Å². The van der Waals surface area contributed by atoms with Gasteiger partial charge in [0.25, 0.3) is 0 Å². The number of likely N-dealkylation sites (tertiary alicyclic amines) is 1. The van der Waals surface area contributed by atoms with Gasteiger partial charge < -0.3 is 4.57 Å². The van der Waals surface area contributed by atoms with Crippen LogP contribution in [0.25, 0.3) is 0 Å². The topological polar surface area (TPSA) is 21.1 Å². The summed E-state index contributed by atoms with van der Waals surface area (Å²) in [4.78, 5) is 6.99. The Morgan fingerprint density at radius 1 is 0.955 bits per heavy atom. The van der Waals surface area contributed by atoms with Crippen LogP contribution in [-0.2, 0) is 13.1 Å². The Bertz CT molecular complexity index is 628. The molecule has 2 aromatic rings. The highest BCUT2D eigenvalue weighted by Crippen LogP contribution is 2.33. The molecule has 0 spiro atoms. The molecule has 1 fully saturated rings. The van der Waals surface area contributed by atoms with Gasteiger partial charge in [0.05, 0.1) is 12.0 Å². The number of hydrogen-bond acceptors (Lipinski definition) is 2. The highest BCUT2D eigenvalue weighted by atomic mass is 15.2. The highest BCUT2D eigenvalue weighted by Gasteiger charge is 2.32. The zero-order valence-electron chi connectivity index (χ0n) is 12.9. The summed E-state index contributed by atoms with van der Waals surface area (Å²) in [5.41, 5.74) is 2.66. The smallest absolute Gasteiger partial charge is 0.0951 e. The summed E-state index contributed by atoms with van der Waals surface area (Å²) >= 11 is 0. The summed E-state index contributed by atoms with van der Waals surface area (Å²) < 4.78 is 2.29. The van der Waals surface area contributed by atoms with Crippen molar-refractivity contribution in [3.63, 3.8) is 0 Å². The summed E-state index contributed by atoms with van der Waals surface area (Å²) in [5, 5.41) is 0. The third-order valence-electron chi connectivity index (χ3n) is 5.08. The van der Waals surface area contributed by atoms with E-state index in [9.17, 15) is 0 Å². The minimum absolute atomic E-state index is 0.871. The second kappa shape index (κ2) is 6.09. The third kappa shape index (κ3) is 2.86. The van der Waals surface area contributed by atoms with Gasteiger partial charge in [0.15, 0.2) is 0 Å². The molecule has 2 heterocycles. The van der Waals surface area contributed by atoms with Crippen LogP contribution in [0.2, 0.25) is 0 Å². The van der Waals surface area contributed by atoms with Crippen molar-refractivity contribution in [2.45, 2.75) is 25.9 Å². The number of imidazole rings is 1. The molecule has 4 rings (SSSR count). The van der Waals surface area contributed by atoms with Gasteiger partial charge in [-0.1, -0.05) is 42.5 Å². The fourth-order valence-electron chi connectivity index (χ4n) is 3.87. The number of allylic oxidation sites excluding steroid dienone is 2. The summed E-state index contributed by atoms with van der Waals surface area (Å²) in [5.74, 6) is 1.74. The van der Waals surface area contributed by atoms with E-state index in [2.05, 4.69) is 56.9 Å². The monoisotopic (exact) mass is 293 g/mol. The van der Waals surface area contributed by atoms with Crippen molar-refractivity contribution in [3.05, 3.63) is 66.3 Å². The van der Waals surface area contributed by atoms with Crippen LogP contribution >= 0.6 is 0 Å². The zero-order valence-corrected chi connectivity index (χ0v) is 12.9. The molecular formula is C19H23N3. The van der Waals surface area contributed by atoms with Crippen LogP contribution in [0.1, 0.15) is 24.1 Å². The predicted octanol–water partition coefficient (Wildman–Crippen LogP) is 3.33. The standard InChI is InChI=1S/C19H23N3/c1-2-6-16(7-3-1)11-22-15-20-10-19(22)14-21-12-17-8-4-5-9-18(17)13-21/h1-7,10,15,17-18H,8-9,11-14H2/t17-,18+. The van der Waals surface area contributed by atoms with Crippen LogP contribution in [0.3, 0.4) is 0 Å². The van der Waals surface area contributed by atoms with Crippen LogP contribution < -0.4 is 0 Å². The minimum atomic E-state index is 0.871. The maximum atomic E-state index is 4.38. The molecule has 1 aromatic heterocycles. The quantitative estimate of drug-likeness (QED) is 0.806. The van der Waals surface area contributed by atoms with Crippen LogP contribution in [-0.4, -0.2) is 27.5 Å². The number of nitrogens with zero attached hydrogens (tertiary/aromatic N) is 3. The molecule has 3 nitrogen and oxygen atoms in total. The van der Waals surface area contributed by atoms with Gasteiger partial charge >= 0.3 is 0 Å². The van der Waals surface area contributed by atoms with Gasteiger partial charge in [0, 0.05) is 32.4 Å². The molecule has 22 heavy (non-hydrogen) atoms. The normalized spacial score (nSPS) is 24.5. The number of fused-ring (bicyclic) bond motifs is 1. The lowest BCUT2D eigenvalue weighted by Crippen LogP contribution is -2.22. The van der Waals surface area contributed by atoms with Crippen LogP contribution in [0.5, 0.6) is 0 Å². The van der Waals surface area contributed by atoms with Gasteiger partial charge in [-0.25, -0.2) is 4.98 Å². The summed E-state index contributed by atoms with van der Waals surface area (Å²) in [6.45, 7) is 4.43. The molecule has 0 unspecified atom stereocenters. The van der Waals surface area contributed by atoms with Crippen molar-refractivity contribution in [2.24, 2.45) is 11.8 Å². The van der Waals surface area contributed by atoms with Crippen molar-refractivity contribution >= 4 is 0 Å². The van der Waals surface area contributed by atoms with E-state index in [0.717, 1.165) is 24.9 Å². The molecule has 2 atom stereocenters. The van der Waals surface area contributed by atoms with E-state index >= 15 is 0 Å². The lowest BCUT2D eigenvalue weighted by molar-refractivity contribution is 0.305. The maximum absolute atomic E-state index is 4.38. The van der Waals surface area contributed by atoms with Gasteiger partial charge in [-0.3, -0.25) is 4.90 Å². The molecule has 0 radical (unpaired) electrons. The Balaban J connectivity index is 1.43. The first kappa shape index (κ1) is 13.8. The van der Waals surface area contributed by atoms with Crippen LogP contribution in [0.15, 0.2) is 55.0 Å². The molecule has 1 aromatic carbocycles. The van der Waals surface area contributed by atoms with Gasteiger partial charge in [-0.2, -0.15) is 0 Å². The van der Waals surface area contributed by atoms with E-state index < -0.39 is 0 Å². The lowest BCUT2D eigenvalue weighted by Gasteiger charge is -2.18. The lowest BCUT2D eigenvalue weighted by atomic mass is 9.86. The van der Waals surface area contributed by atoms with E-state index in [-0.39, 0.29) is 0 Å². The molecule has 0 saturated carbocycles. The van der Waals surface area contributed by atoms with Gasteiger partial charge in [0.2, 0.25) is 0 Å². The molecule has 1 aliphatic carbocycles. The summed E-state index contributed by atoms with van der Waals surface area (Å²) in [6.07, 6.45) is 11.3. The molecule has 0 amide bonds. The molecule has 1 saturated heterocycles. The fraction of sp³-hybridized carbons (Fsp3) is 0.421. The number of rotatable bonds is 4. The first-order valence-electron chi connectivity index (χ1n) is 8.29. The molecular weight excluding hydrogens is 270 g/mol. The van der Waals surface area contributed by atoms with E-state index in [1.807, 2.05) is 12.5 Å². The first-order chi connectivity index (χ1) is 10.9. The van der Waals surface area contributed by atoms with Crippen molar-refractivity contribution in [1.29, 1.82) is 0 Å². The average Bonchev–Trinajstić information content (AvgIpc) is 3.15. The molecule has 0 N–H and O–H groups in total. The van der Waals surface area contributed by atoms with Crippen molar-refractivity contribution in [2.75, 3.05) is 13.1 Å². The van der Waals surface area contributed by atoms with E-state index in [4.69, 9.17) is 0 Å². The van der Waals surface area contributed by atoms with Crippen molar-refractivity contribution in [3.8, 4) is 0 Å². The number of benzene rings is 1. The molecule has 114 valence electrons. The Morgan fingerprint density at radius 3 is 2.41 bits per heavy atom. The average molecular weight is 293 g/mol. The van der Waals surface area contributed by atoms with Gasteiger partial charge in [-0.05, 0) is 30.2 Å². The summed E-state index contributed by atoms with van der Waals surface area (Å²) in [6, 6.07) is 10.6. The summed E-state index contributed by atoms with van der Waals surface area (Å²) in [7, 11) is 0. The highest BCUT2D eigenvalue weighted by molar-refractivity contribution is 5.16. The first-order valence-corrected chi connectivity index (χ1v) is 8.29. The Hall–Kier alpha value is -1.87. The molecule has 1 aliphatic heterocycles. The maximum Gasteiger partial charge on any atom is 0.0951 e. The van der Waals surface area contributed by atoms with Crippen LogP contribution in [0.4, 0.5) is 0 Å². The Kier molecular flexibility index (Phi) is 3.81. The molecule has 3 heteroatoms. The van der Waals surface area contributed by atoms with E-state index in [1.54, 1.807) is 0 Å². The number of aromatic nitrogens is 2. The molecule has 0 bridgehead atoms. The Morgan fingerprint density at radius 2 is 1.68 bits per heavy atom. The van der Waals surface area contributed by atoms with Crippen molar-refractivity contribution in [1.82, 2.24) is 14.5 Å². The predicted molar refractivity (Wildman–Crippen MR) is 88.4 cm³/mol. The SMILES string of the molecule is C1=CC[C@H]2CN(Cc3cncn3Cc3ccccc3)C[C@H]2C1. The van der Waals surface area contributed by atoms with Gasteiger partial charge in [0.1, 0.15) is 0 Å². The third-order valence-corrected chi connectivity index (χ3v) is 5.08. The van der Waals surface area contributed by atoms with E-state index in [1.165, 1.54) is 37.2 Å². The van der Waals surface area contributed by atoms with Crippen LogP contribution in [0, 0.1) is 11.8 Å². The second-order valence-electron chi connectivity index (χ2n) is 6.66. The van der Waals surface area contributed by atoms with Crippen molar-refractivity contribution < 1.29 is 0 Å². The minimum Gasteiger partial charge on any atom is -0.329 e. The fourth-order valence-corrected chi connectivity index (χ4v) is 3.87. The van der Waals surface area contributed by atoms with Gasteiger partial charge in [-0.15, -0.1) is 0 Å². The number of hydrogen-bond donors (Lipinski definition) is 0. The largest absolute Gasteiger partial charge is 0.329 e. The Labute approximate surface area is 132 Å². The second-order valence-corrected chi connectivity index (χ2v) is 6.66.